The SMILES string of the molecule is CC(C)(C)OC(=O)NC1(/C=N/NC(=O)CCCCCCC(=O)O)CCCC1. The van der Waals surface area contributed by atoms with Crippen LogP contribution < -0.4 is 10.7 Å². The number of hydrogen-bond donors (Lipinski definition) is 3. The predicted molar refractivity (Wildman–Crippen MR) is 103 cm³/mol. The highest BCUT2D eigenvalue weighted by Gasteiger charge is 2.35. The van der Waals surface area contributed by atoms with Crippen molar-refractivity contribution in [1.82, 2.24) is 10.7 Å². The van der Waals surface area contributed by atoms with E-state index in [0.29, 0.717) is 19.3 Å². The number of rotatable bonds is 10. The smallest absolute Gasteiger partial charge is 0.408 e. The molecule has 0 bridgehead atoms. The summed E-state index contributed by atoms with van der Waals surface area (Å²) in [7, 11) is 0. The van der Waals surface area contributed by atoms with Crippen LogP contribution in [0.15, 0.2) is 5.10 Å². The number of carboxylic acid groups (broad SMARTS) is 1. The average molecular weight is 383 g/mol. The van der Waals surface area contributed by atoms with Crippen LogP contribution in [-0.2, 0) is 14.3 Å². The molecular formula is C19H33N3O5. The van der Waals surface area contributed by atoms with E-state index in [-0.39, 0.29) is 12.3 Å². The van der Waals surface area contributed by atoms with E-state index < -0.39 is 23.2 Å². The van der Waals surface area contributed by atoms with Gasteiger partial charge in [-0.15, -0.1) is 0 Å². The normalized spacial score (nSPS) is 16.3. The van der Waals surface area contributed by atoms with Gasteiger partial charge in [-0.3, -0.25) is 9.59 Å². The van der Waals surface area contributed by atoms with Gasteiger partial charge in [-0.25, -0.2) is 10.2 Å². The standard InChI is InChI=1S/C19H33N3O5/c1-18(2,3)27-17(26)21-19(12-8-9-13-19)14-20-22-15(23)10-6-4-5-7-11-16(24)25/h14H,4-13H2,1-3H3,(H,21,26)(H,22,23)(H,24,25)/b20-14+. The fraction of sp³-hybridized carbons (Fsp3) is 0.789. The van der Waals surface area contributed by atoms with E-state index in [9.17, 15) is 14.4 Å². The van der Waals surface area contributed by atoms with E-state index in [1.54, 1.807) is 6.21 Å². The van der Waals surface area contributed by atoms with E-state index in [4.69, 9.17) is 9.84 Å². The quantitative estimate of drug-likeness (QED) is 0.304. The Morgan fingerprint density at radius 2 is 1.67 bits per heavy atom. The molecule has 1 aliphatic rings. The first kappa shape index (κ1) is 22.9. The first-order chi connectivity index (χ1) is 12.6. The lowest BCUT2D eigenvalue weighted by Gasteiger charge is -2.28. The number of hydrazone groups is 1. The Bertz CT molecular complexity index is 534. The summed E-state index contributed by atoms with van der Waals surface area (Å²) in [6.07, 6.45) is 8.05. The number of unbranched alkanes of at least 4 members (excludes halogenated alkanes) is 3. The summed E-state index contributed by atoms with van der Waals surface area (Å²) < 4.78 is 5.32. The Morgan fingerprint density at radius 1 is 1.07 bits per heavy atom. The molecule has 8 nitrogen and oxygen atoms in total. The molecule has 0 aromatic carbocycles. The second-order valence-electron chi connectivity index (χ2n) is 8.09. The molecule has 154 valence electrons. The van der Waals surface area contributed by atoms with E-state index >= 15 is 0 Å². The van der Waals surface area contributed by atoms with Crippen LogP contribution in [-0.4, -0.2) is 40.4 Å². The maximum Gasteiger partial charge on any atom is 0.408 e. The minimum atomic E-state index is -0.789. The third-order valence-corrected chi connectivity index (χ3v) is 4.29. The molecule has 1 rings (SSSR count). The van der Waals surface area contributed by atoms with E-state index in [1.807, 2.05) is 20.8 Å². The molecule has 3 N–H and O–H groups in total. The molecule has 0 aliphatic heterocycles. The maximum absolute atomic E-state index is 12.1. The molecule has 2 amide bonds. The Kier molecular flexibility index (Phi) is 9.25. The number of hydrogen-bond acceptors (Lipinski definition) is 5. The third-order valence-electron chi connectivity index (χ3n) is 4.29. The minimum absolute atomic E-state index is 0.170. The molecule has 0 unspecified atom stereocenters. The highest BCUT2D eigenvalue weighted by Crippen LogP contribution is 2.28. The number of nitrogens with zero attached hydrogens (tertiary/aromatic N) is 1. The zero-order chi connectivity index (χ0) is 20.3. The van der Waals surface area contributed by atoms with Crippen molar-refractivity contribution in [2.75, 3.05) is 0 Å². The number of carbonyl (C=O) groups excluding carboxylic acids is 2. The van der Waals surface area contributed by atoms with Crippen LogP contribution in [0, 0.1) is 0 Å². The molecule has 0 aromatic rings. The number of aliphatic carboxylic acids is 1. The van der Waals surface area contributed by atoms with Crippen molar-refractivity contribution >= 4 is 24.2 Å². The molecule has 0 spiro atoms. The molecule has 0 heterocycles. The van der Waals surface area contributed by atoms with Crippen LogP contribution in [0.3, 0.4) is 0 Å². The Labute approximate surface area is 161 Å². The van der Waals surface area contributed by atoms with Gasteiger partial charge in [0.15, 0.2) is 0 Å². The fourth-order valence-corrected chi connectivity index (χ4v) is 3.00. The van der Waals surface area contributed by atoms with Crippen molar-refractivity contribution in [2.24, 2.45) is 5.10 Å². The topological polar surface area (TPSA) is 117 Å². The number of carbonyl (C=O) groups is 3. The van der Waals surface area contributed by atoms with Crippen molar-refractivity contribution in [3.63, 3.8) is 0 Å². The van der Waals surface area contributed by atoms with E-state index in [1.165, 1.54) is 0 Å². The number of nitrogens with one attached hydrogen (secondary N) is 2. The van der Waals surface area contributed by atoms with Gasteiger partial charge in [-0.2, -0.15) is 5.10 Å². The monoisotopic (exact) mass is 383 g/mol. The van der Waals surface area contributed by atoms with Gasteiger partial charge in [-0.1, -0.05) is 25.7 Å². The van der Waals surface area contributed by atoms with Crippen LogP contribution >= 0.6 is 0 Å². The van der Waals surface area contributed by atoms with Gasteiger partial charge in [0, 0.05) is 12.8 Å². The second-order valence-corrected chi connectivity index (χ2v) is 8.09. The first-order valence-electron chi connectivity index (χ1n) is 9.68. The molecule has 1 aliphatic carbocycles. The van der Waals surface area contributed by atoms with Crippen molar-refractivity contribution in [3.8, 4) is 0 Å². The van der Waals surface area contributed by atoms with Crippen LogP contribution in [0.4, 0.5) is 4.79 Å². The van der Waals surface area contributed by atoms with Gasteiger partial charge < -0.3 is 15.2 Å². The summed E-state index contributed by atoms with van der Waals surface area (Å²) in [5.41, 5.74) is 1.36. The summed E-state index contributed by atoms with van der Waals surface area (Å²) in [5.74, 6) is -0.974. The zero-order valence-electron chi connectivity index (χ0n) is 16.7. The van der Waals surface area contributed by atoms with E-state index in [2.05, 4.69) is 15.8 Å². The molecule has 1 fully saturated rings. The van der Waals surface area contributed by atoms with E-state index in [0.717, 1.165) is 38.5 Å². The molecule has 8 heteroatoms. The molecule has 0 saturated heterocycles. The Hall–Kier alpha value is -2.12. The molecule has 0 aromatic heterocycles. The van der Waals surface area contributed by atoms with Gasteiger partial charge >= 0.3 is 12.1 Å². The average Bonchev–Trinajstić information content (AvgIpc) is 2.96. The molecule has 0 radical (unpaired) electrons. The van der Waals surface area contributed by atoms with Crippen LogP contribution in [0.25, 0.3) is 0 Å². The lowest BCUT2D eigenvalue weighted by Crippen LogP contribution is -2.49. The molecular weight excluding hydrogens is 350 g/mol. The highest BCUT2D eigenvalue weighted by atomic mass is 16.6. The summed E-state index contributed by atoms with van der Waals surface area (Å²) in [5, 5.41) is 15.5. The molecule has 0 atom stereocenters. The summed E-state index contributed by atoms with van der Waals surface area (Å²) in [4.78, 5) is 34.3. The number of carboxylic acids is 1. The van der Waals surface area contributed by atoms with Gasteiger partial charge in [-0.05, 0) is 46.5 Å². The molecule has 1 saturated carbocycles. The summed E-state index contributed by atoms with van der Waals surface area (Å²) in [6.45, 7) is 5.43. The van der Waals surface area contributed by atoms with Gasteiger partial charge in [0.1, 0.15) is 5.60 Å². The first-order valence-corrected chi connectivity index (χ1v) is 9.68. The predicted octanol–water partition coefficient (Wildman–Crippen LogP) is 3.35. The zero-order valence-corrected chi connectivity index (χ0v) is 16.7. The lowest BCUT2D eigenvalue weighted by atomic mass is 10.00. The van der Waals surface area contributed by atoms with Crippen LogP contribution in [0.1, 0.15) is 85.0 Å². The number of amides is 2. The molecule has 27 heavy (non-hydrogen) atoms. The number of alkyl carbamates (subject to hydrolysis) is 1. The van der Waals surface area contributed by atoms with Crippen molar-refractivity contribution in [3.05, 3.63) is 0 Å². The lowest BCUT2D eigenvalue weighted by molar-refractivity contribution is -0.137. The van der Waals surface area contributed by atoms with Gasteiger partial charge in [0.05, 0.1) is 11.8 Å². The third kappa shape index (κ3) is 10.6. The Morgan fingerprint density at radius 3 is 2.22 bits per heavy atom. The van der Waals surface area contributed by atoms with Crippen LogP contribution in [0.5, 0.6) is 0 Å². The second kappa shape index (κ2) is 10.9. The van der Waals surface area contributed by atoms with Crippen molar-refractivity contribution < 1.29 is 24.2 Å². The maximum atomic E-state index is 12.1. The van der Waals surface area contributed by atoms with Gasteiger partial charge in [0.25, 0.3) is 0 Å². The van der Waals surface area contributed by atoms with Gasteiger partial charge in [0.2, 0.25) is 5.91 Å². The minimum Gasteiger partial charge on any atom is -0.481 e. The van der Waals surface area contributed by atoms with Crippen molar-refractivity contribution in [2.45, 2.75) is 96.1 Å². The highest BCUT2D eigenvalue weighted by molar-refractivity contribution is 5.81. The number of ether oxygens (including phenoxy) is 1. The van der Waals surface area contributed by atoms with Crippen molar-refractivity contribution in [1.29, 1.82) is 0 Å². The fourth-order valence-electron chi connectivity index (χ4n) is 3.00. The summed E-state index contributed by atoms with van der Waals surface area (Å²) >= 11 is 0. The largest absolute Gasteiger partial charge is 0.481 e. The Balaban J connectivity index is 2.35. The summed E-state index contributed by atoms with van der Waals surface area (Å²) in [6, 6.07) is 0. The van der Waals surface area contributed by atoms with Crippen LogP contribution in [0.2, 0.25) is 0 Å².